The first kappa shape index (κ1) is 5.74. The summed E-state index contributed by atoms with van der Waals surface area (Å²) in [7, 11) is 0. The molecule has 0 aliphatic carbocycles. The molecule has 0 aromatic carbocycles. The Kier molecular flexibility index (Phi) is 1.11. The molecule has 2 fully saturated rings. The Morgan fingerprint density at radius 2 is 2.33 bits per heavy atom. The molecular weight excluding hydrogens is 134 g/mol. The highest BCUT2D eigenvalue weighted by Gasteiger charge is 2.43. The van der Waals surface area contributed by atoms with Gasteiger partial charge in [-0.15, -0.1) is 11.8 Å². The molecule has 2 heterocycles. The van der Waals surface area contributed by atoms with Gasteiger partial charge in [0.25, 0.3) is 0 Å². The van der Waals surface area contributed by atoms with E-state index in [1.807, 2.05) is 11.8 Å². The van der Waals surface area contributed by atoms with E-state index in [9.17, 15) is 4.79 Å². The van der Waals surface area contributed by atoms with E-state index < -0.39 is 0 Å². The molecule has 3 heteroatoms. The van der Waals surface area contributed by atoms with Crippen LogP contribution in [0, 0.1) is 0 Å². The summed E-state index contributed by atoms with van der Waals surface area (Å²) in [5, 5.41) is 3.19. The number of carbonyl (C=O) groups is 1. The third kappa shape index (κ3) is 0.792. The maximum Gasteiger partial charge on any atom is 0.144 e. The van der Waals surface area contributed by atoms with Crippen molar-refractivity contribution in [3.63, 3.8) is 0 Å². The van der Waals surface area contributed by atoms with Gasteiger partial charge < -0.3 is 5.32 Å². The highest BCUT2D eigenvalue weighted by Crippen LogP contribution is 2.38. The Bertz CT molecular complexity index is 153. The first-order valence-electron chi connectivity index (χ1n) is 3.17. The minimum atomic E-state index is 0.344. The zero-order chi connectivity index (χ0) is 6.32. The molecule has 0 saturated carbocycles. The third-order valence-corrected chi connectivity index (χ3v) is 3.46. The first-order valence-corrected chi connectivity index (χ1v) is 4.16. The van der Waals surface area contributed by atoms with Crippen molar-refractivity contribution in [3.05, 3.63) is 0 Å². The van der Waals surface area contributed by atoms with Crippen LogP contribution < -0.4 is 5.32 Å². The molecule has 0 aromatic heterocycles. The lowest BCUT2D eigenvalue weighted by atomic mass is 9.97. The Morgan fingerprint density at radius 3 is 2.56 bits per heavy atom. The van der Waals surface area contributed by atoms with Gasteiger partial charge in [-0.25, -0.2) is 0 Å². The Labute approximate surface area is 58.4 Å². The minimum Gasteiger partial charge on any atom is -0.314 e. The second-order valence-corrected chi connectivity index (χ2v) is 4.23. The van der Waals surface area contributed by atoms with Gasteiger partial charge >= 0.3 is 0 Å². The van der Waals surface area contributed by atoms with Gasteiger partial charge in [0.2, 0.25) is 0 Å². The number of rotatable bonds is 0. The molecule has 2 saturated heterocycles. The van der Waals surface area contributed by atoms with Gasteiger partial charge in [0.15, 0.2) is 0 Å². The molecule has 0 amide bonds. The van der Waals surface area contributed by atoms with Gasteiger partial charge in [0.05, 0.1) is 5.75 Å². The topological polar surface area (TPSA) is 29.1 Å². The van der Waals surface area contributed by atoms with Crippen LogP contribution in [-0.2, 0) is 4.79 Å². The quantitative estimate of drug-likeness (QED) is 0.519. The summed E-state index contributed by atoms with van der Waals surface area (Å²) >= 11 is 1.83. The van der Waals surface area contributed by atoms with E-state index in [4.69, 9.17) is 0 Å². The molecule has 0 bridgehead atoms. The average molecular weight is 143 g/mol. The van der Waals surface area contributed by atoms with Crippen molar-refractivity contribution in [2.75, 3.05) is 18.8 Å². The van der Waals surface area contributed by atoms with Crippen LogP contribution in [0.25, 0.3) is 0 Å². The monoisotopic (exact) mass is 143 g/mol. The van der Waals surface area contributed by atoms with Crippen molar-refractivity contribution in [1.82, 2.24) is 5.32 Å². The highest BCUT2D eigenvalue weighted by atomic mass is 32.2. The Hall–Kier alpha value is -0.0200. The van der Waals surface area contributed by atoms with E-state index in [-0.39, 0.29) is 0 Å². The summed E-state index contributed by atoms with van der Waals surface area (Å²) in [6, 6.07) is 0. The fourth-order valence-corrected chi connectivity index (χ4v) is 2.57. The van der Waals surface area contributed by atoms with E-state index >= 15 is 0 Å². The van der Waals surface area contributed by atoms with Crippen LogP contribution in [0.5, 0.6) is 0 Å². The predicted molar refractivity (Wildman–Crippen MR) is 37.7 cm³/mol. The van der Waals surface area contributed by atoms with Crippen molar-refractivity contribution >= 4 is 17.5 Å². The molecule has 0 unspecified atom stereocenters. The standard InChI is InChI=1S/C6H9NOS/c8-5-1-6(9-2-5)3-7-4-6/h7H,1-4H2. The van der Waals surface area contributed by atoms with Crippen LogP contribution in [0.2, 0.25) is 0 Å². The lowest BCUT2D eigenvalue weighted by Crippen LogP contribution is -2.55. The second-order valence-electron chi connectivity index (χ2n) is 2.79. The second kappa shape index (κ2) is 1.73. The van der Waals surface area contributed by atoms with Crippen LogP contribution in [0.3, 0.4) is 0 Å². The van der Waals surface area contributed by atoms with E-state index in [0.717, 1.165) is 25.3 Å². The number of hydrogen-bond donors (Lipinski definition) is 1. The largest absolute Gasteiger partial charge is 0.314 e. The SMILES string of the molecule is O=C1CSC2(CNC2)C1. The van der Waals surface area contributed by atoms with Gasteiger partial charge in [0, 0.05) is 24.3 Å². The normalized spacial score (nSPS) is 30.9. The van der Waals surface area contributed by atoms with Crippen molar-refractivity contribution < 1.29 is 4.79 Å². The lowest BCUT2D eigenvalue weighted by molar-refractivity contribution is -0.116. The van der Waals surface area contributed by atoms with Crippen molar-refractivity contribution in [1.29, 1.82) is 0 Å². The maximum absolute atomic E-state index is 10.8. The molecule has 2 aliphatic heterocycles. The van der Waals surface area contributed by atoms with E-state index in [1.165, 1.54) is 0 Å². The zero-order valence-corrected chi connectivity index (χ0v) is 5.96. The molecule has 2 nitrogen and oxygen atoms in total. The van der Waals surface area contributed by atoms with Crippen molar-refractivity contribution in [2.45, 2.75) is 11.2 Å². The number of carbonyl (C=O) groups excluding carboxylic acids is 1. The fraction of sp³-hybridized carbons (Fsp3) is 0.833. The first-order chi connectivity index (χ1) is 4.31. The molecule has 2 rings (SSSR count). The zero-order valence-electron chi connectivity index (χ0n) is 5.14. The average Bonchev–Trinajstić information content (AvgIpc) is 2.09. The summed E-state index contributed by atoms with van der Waals surface area (Å²) in [5.41, 5.74) is 0. The summed E-state index contributed by atoms with van der Waals surface area (Å²) < 4.78 is 0.344. The molecule has 50 valence electrons. The van der Waals surface area contributed by atoms with Crippen molar-refractivity contribution in [2.24, 2.45) is 0 Å². The molecule has 1 N–H and O–H groups in total. The molecule has 0 aromatic rings. The van der Waals surface area contributed by atoms with E-state index in [0.29, 0.717) is 10.5 Å². The van der Waals surface area contributed by atoms with Gasteiger partial charge in [-0.1, -0.05) is 0 Å². The summed E-state index contributed by atoms with van der Waals surface area (Å²) in [6.45, 7) is 2.09. The molecule has 9 heavy (non-hydrogen) atoms. The minimum absolute atomic E-state index is 0.344. The van der Waals surface area contributed by atoms with Crippen LogP contribution >= 0.6 is 11.8 Å². The Balaban J connectivity index is 2.07. The van der Waals surface area contributed by atoms with Gasteiger partial charge in [-0.3, -0.25) is 4.79 Å². The molecule has 2 aliphatic rings. The van der Waals surface area contributed by atoms with E-state index in [2.05, 4.69) is 5.32 Å². The number of Topliss-reactive ketones (excluding diaryl/α,β-unsaturated/α-hetero) is 1. The Morgan fingerprint density at radius 1 is 1.56 bits per heavy atom. The summed E-state index contributed by atoms with van der Waals surface area (Å²) in [5.74, 6) is 1.18. The van der Waals surface area contributed by atoms with Gasteiger partial charge in [0.1, 0.15) is 5.78 Å². The molecule has 1 spiro atoms. The van der Waals surface area contributed by atoms with Crippen LogP contribution in [0.4, 0.5) is 0 Å². The predicted octanol–water partition coefficient (Wildman–Crippen LogP) is 0.0344. The van der Waals surface area contributed by atoms with Crippen LogP contribution in [0.15, 0.2) is 0 Å². The number of nitrogens with one attached hydrogen (secondary N) is 1. The molecule has 0 atom stereocenters. The third-order valence-electron chi connectivity index (χ3n) is 1.95. The highest BCUT2D eigenvalue weighted by molar-refractivity contribution is 8.02. The molecule has 0 radical (unpaired) electrons. The van der Waals surface area contributed by atoms with Gasteiger partial charge in [-0.05, 0) is 0 Å². The van der Waals surface area contributed by atoms with Crippen molar-refractivity contribution in [3.8, 4) is 0 Å². The summed E-state index contributed by atoms with van der Waals surface area (Å²) in [6.07, 6.45) is 0.810. The number of thioether (sulfide) groups is 1. The smallest absolute Gasteiger partial charge is 0.144 e. The van der Waals surface area contributed by atoms with Crippen LogP contribution in [0.1, 0.15) is 6.42 Å². The molecular formula is C6H9NOS. The number of hydrogen-bond acceptors (Lipinski definition) is 3. The fourth-order valence-electron chi connectivity index (χ4n) is 1.33. The maximum atomic E-state index is 10.8. The van der Waals surface area contributed by atoms with Gasteiger partial charge in [-0.2, -0.15) is 0 Å². The van der Waals surface area contributed by atoms with Crippen LogP contribution in [-0.4, -0.2) is 29.4 Å². The number of ketones is 1. The van der Waals surface area contributed by atoms with E-state index in [1.54, 1.807) is 0 Å². The lowest BCUT2D eigenvalue weighted by Gasteiger charge is -2.37. The summed E-state index contributed by atoms with van der Waals surface area (Å²) in [4.78, 5) is 10.8.